The number of halogens is 1. The Morgan fingerprint density at radius 1 is 1.05 bits per heavy atom. The summed E-state index contributed by atoms with van der Waals surface area (Å²) in [4.78, 5) is 0. The average Bonchev–Trinajstić information content (AvgIpc) is 2.43. The van der Waals surface area contributed by atoms with Gasteiger partial charge in [0.05, 0.1) is 20.3 Å². The lowest BCUT2D eigenvalue weighted by Gasteiger charge is -2.08. The van der Waals surface area contributed by atoms with Crippen molar-refractivity contribution in [2.75, 3.05) is 12.8 Å². The van der Waals surface area contributed by atoms with Crippen molar-refractivity contribution >= 4 is 17.3 Å². The Bertz CT molecular complexity index is 540. The molecule has 0 aromatic heterocycles. The summed E-state index contributed by atoms with van der Waals surface area (Å²) in [5.74, 6) is 0.836. The van der Waals surface area contributed by atoms with Gasteiger partial charge in [-0.05, 0) is 41.5 Å². The number of methoxy groups -OCH3 is 1. The summed E-state index contributed by atoms with van der Waals surface area (Å²) in [6.07, 6.45) is 0. The van der Waals surface area contributed by atoms with E-state index < -0.39 is 0 Å². The van der Waals surface area contributed by atoms with Gasteiger partial charge in [-0.3, -0.25) is 0 Å². The highest BCUT2D eigenvalue weighted by atomic mass is 35.5. The second kappa shape index (κ2) is 6.45. The third-order valence-corrected chi connectivity index (χ3v) is 3.12. The van der Waals surface area contributed by atoms with Crippen molar-refractivity contribution in [3.8, 4) is 5.75 Å². The standard InChI is InChI=1S/C15H16ClNO2/c1-18-14-5-2-11(3-6-14)9-19-10-12-8-13(17)4-7-15(12)16/h2-8H,9-10,17H2,1H3. The molecule has 0 spiro atoms. The SMILES string of the molecule is COc1ccc(COCc2cc(N)ccc2Cl)cc1. The van der Waals surface area contributed by atoms with Gasteiger partial charge in [0, 0.05) is 10.7 Å². The second-order valence-electron chi connectivity index (χ2n) is 4.19. The van der Waals surface area contributed by atoms with Crippen LogP contribution in [0.5, 0.6) is 5.75 Å². The number of ether oxygens (including phenoxy) is 2. The van der Waals surface area contributed by atoms with E-state index in [1.807, 2.05) is 30.3 Å². The molecule has 2 rings (SSSR count). The Morgan fingerprint density at radius 3 is 2.47 bits per heavy atom. The third-order valence-electron chi connectivity index (χ3n) is 2.76. The molecule has 0 aliphatic heterocycles. The van der Waals surface area contributed by atoms with Gasteiger partial charge in [0.15, 0.2) is 0 Å². The lowest BCUT2D eigenvalue weighted by molar-refractivity contribution is 0.107. The molecule has 2 aromatic rings. The van der Waals surface area contributed by atoms with Gasteiger partial charge >= 0.3 is 0 Å². The molecule has 0 fully saturated rings. The molecule has 0 atom stereocenters. The molecule has 2 N–H and O–H groups in total. The van der Waals surface area contributed by atoms with E-state index in [-0.39, 0.29) is 0 Å². The molecule has 0 amide bonds. The van der Waals surface area contributed by atoms with E-state index in [0.29, 0.717) is 23.9 Å². The normalized spacial score (nSPS) is 10.4. The Morgan fingerprint density at radius 2 is 1.79 bits per heavy atom. The summed E-state index contributed by atoms with van der Waals surface area (Å²) in [5, 5.41) is 0.670. The van der Waals surface area contributed by atoms with Gasteiger partial charge in [0.1, 0.15) is 5.75 Å². The Labute approximate surface area is 117 Å². The van der Waals surface area contributed by atoms with E-state index in [1.54, 1.807) is 19.2 Å². The number of benzene rings is 2. The fraction of sp³-hybridized carbons (Fsp3) is 0.200. The van der Waals surface area contributed by atoms with Crippen molar-refractivity contribution in [3.05, 3.63) is 58.6 Å². The average molecular weight is 278 g/mol. The van der Waals surface area contributed by atoms with Crippen molar-refractivity contribution in [2.45, 2.75) is 13.2 Å². The molecule has 100 valence electrons. The predicted molar refractivity (Wildman–Crippen MR) is 77.4 cm³/mol. The molecular formula is C15H16ClNO2. The number of nitrogen functional groups attached to an aromatic ring is 1. The zero-order valence-electron chi connectivity index (χ0n) is 10.7. The maximum Gasteiger partial charge on any atom is 0.118 e. The molecule has 2 aromatic carbocycles. The molecule has 0 saturated heterocycles. The van der Waals surface area contributed by atoms with E-state index in [9.17, 15) is 0 Å². The van der Waals surface area contributed by atoms with Crippen LogP contribution in [0.1, 0.15) is 11.1 Å². The number of anilines is 1. The van der Waals surface area contributed by atoms with Crippen LogP contribution in [0.2, 0.25) is 5.02 Å². The summed E-state index contributed by atoms with van der Waals surface area (Å²) in [7, 11) is 1.65. The maximum atomic E-state index is 6.07. The highest BCUT2D eigenvalue weighted by Gasteiger charge is 2.02. The Balaban J connectivity index is 1.90. The molecule has 0 aliphatic carbocycles. The molecule has 0 radical (unpaired) electrons. The zero-order valence-corrected chi connectivity index (χ0v) is 11.5. The minimum Gasteiger partial charge on any atom is -0.497 e. The van der Waals surface area contributed by atoms with Gasteiger partial charge in [-0.1, -0.05) is 23.7 Å². The van der Waals surface area contributed by atoms with E-state index in [2.05, 4.69) is 0 Å². The molecule has 0 saturated carbocycles. The molecule has 3 nitrogen and oxygen atoms in total. The summed E-state index contributed by atoms with van der Waals surface area (Å²) in [5.41, 5.74) is 8.38. The largest absolute Gasteiger partial charge is 0.497 e. The lowest BCUT2D eigenvalue weighted by atomic mass is 10.2. The molecule has 4 heteroatoms. The van der Waals surface area contributed by atoms with E-state index in [1.165, 1.54) is 0 Å². The molecule has 0 unspecified atom stereocenters. The third kappa shape index (κ3) is 3.88. The number of hydrogen-bond acceptors (Lipinski definition) is 3. The van der Waals surface area contributed by atoms with Crippen LogP contribution in [0, 0.1) is 0 Å². The lowest BCUT2D eigenvalue weighted by Crippen LogP contribution is -1.96. The van der Waals surface area contributed by atoms with Crippen molar-refractivity contribution in [1.82, 2.24) is 0 Å². The zero-order chi connectivity index (χ0) is 13.7. The molecule has 19 heavy (non-hydrogen) atoms. The maximum absolute atomic E-state index is 6.07. The van der Waals surface area contributed by atoms with Crippen LogP contribution in [0.25, 0.3) is 0 Å². The van der Waals surface area contributed by atoms with Gasteiger partial charge in [-0.25, -0.2) is 0 Å². The Kier molecular flexibility index (Phi) is 4.66. The van der Waals surface area contributed by atoms with Gasteiger partial charge < -0.3 is 15.2 Å². The first-order chi connectivity index (χ1) is 9.19. The first-order valence-corrected chi connectivity index (χ1v) is 6.31. The van der Waals surface area contributed by atoms with Crippen LogP contribution < -0.4 is 10.5 Å². The van der Waals surface area contributed by atoms with Crippen LogP contribution in [0.3, 0.4) is 0 Å². The van der Waals surface area contributed by atoms with Crippen molar-refractivity contribution in [2.24, 2.45) is 0 Å². The summed E-state index contributed by atoms with van der Waals surface area (Å²) in [6.45, 7) is 0.963. The summed E-state index contributed by atoms with van der Waals surface area (Å²) >= 11 is 6.07. The monoisotopic (exact) mass is 277 g/mol. The second-order valence-corrected chi connectivity index (χ2v) is 4.60. The van der Waals surface area contributed by atoms with Crippen molar-refractivity contribution < 1.29 is 9.47 Å². The molecule has 0 aliphatic rings. The molecule has 0 bridgehead atoms. The van der Waals surface area contributed by atoms with Gasteiger partial charge in [-0.2, -0.15) is 0 Å². The highest BCUT2D eigenvalue weighted by Crippen LogP contribution is 2.20. The molecular weight excluding hydrogens is 262 g/mol. The van der Waals surface area contributed by atoms with Gasteiger partial charge in [-0.15, -0.1) is 0 Å². The van der Waals surface area contributed by atoms with Crippen LogP contribution >= 0.6 is 11.6 Å². The van der Waals surface area contributed by atoms with Crippen molar-refractivity contribution in [1.29, 1.82) is 0 Å². The van der Waals surface area contributed by atoms with Crippen molar-refractivity contribution in [3.63, 3.8) is 0 Å². The number of hydrogen-bond donors (Lipinski definition) is 1. The van der Waals surface area contributed by atoms with Crippen LogP contribution in [-0.4, -0.2) is 7.11 Å². The minimum atomic E-state index is 0.440. The smallest absolute Gasteiger partial charge is 0.118 e. The highest BCUT2D eigenvalue weighted by molar-refractivity contribution is 6.31. The number of nitrogens with two attached hydrogens (primary N) is 1. The quantitative estimate of drug-likeness (QED) is 0.849. The van der Waals surface area contributed by atoms with Gasteiger partial charge in [0.2, 0.25) is 0 Å². The van der Waals surface area contributed by atoms with E-state index in [4.69, 9.17) is 26.8 Å². The fourth-order valence-electron chi connectivity index (χ4n) is 1.71. The van der Waals surface area contributed by atoms with Gasteiger partial charge in [0.25, 0.3) is 0 Å². The first-order valence-electron chi connectivity index (χ1n) is 5.93. The summed E-state index contributed by atoms with van der Waals surface area (Å²) < 4.78 is 10.7. The molecule has 0 heterocycles. The predicted octanol–water partition coefficient (Wildman–Crippen LogP) is 3.65. The van der Waals surface area contributed by atoms with E-state index >= 15 is 0 Å². The Hall–Kier alpha value is -1.71. The van der Waals surface area contributed by atoms with Crippen LogP contribution in [0.4, 0.5) is 5.69 Å². The fourth-order valence-corrected chi connectivity index (χ4v) is 1.88. The topological polar surface area (TPSA) is 44.5 Å². The van der Waals surface area contributed by atoms with E-state index in [0.717, 1.165) is 16.9 Å². The summed E-state index contributed by atoms with van der Waals surface area (Å²) in [6, 6.07) is 13.1. The van der Waals surface area contributed by atoms with Crippen LogP contribution in [-0.2, 0) is 18.0 Å². The number of rotatable bonds is 5. The first kappa shape index (κ1) is 13.7. The minimum absolute atomic E-state index is 0.440. The van der Waals surface area contributed by atoms with Crippen LogP contribution in [0.15, 0.2) is 42.5 Å².